The molecule has 4 aliphatic rings. The minimum Gasteiger partial charge on any atom is -0.489 e. The standard InChI is InChI=1S/C17H14N2O3.C16H21F3N2O/c20-16-4-2-10-14(5-6-18-17(10)19-16)21-9-1-3-13-11(7-9)12-8-15(12)22-13;1-2-21-7-5-11(6-8-21)9-12-3-4-13(15(20)22)10-14(12)16(17,18)19/h1,3,5-7,12,15H,2,4,8H2,(H,18,19,20);3-4,10-11H,2,5-9H2,1H3,(H2,20,22). The molecule has 3 aromatic rings. The lowest BCUT2D eigenvalue weighted by Gasteiger charge is -2.31. The highest BCUT2D eigenvalue weighted by Gasteiger charge is 2.48. The number of hydrogen-bond acceptors (Lipinski definition) is 6. The summed E-state index contributed by atoms with van der Waals surface area (Å²) >= 11 is 0. The third-order valence-corrected chi connectivity index (χ3v) is 8.85. The Morgan fingerprint density at radius 2 is 1.93 bits per heavy atom. The number of pyridine rings is 1. The molecule has 3 aliphatic heterocycles. The quantitative estimate of drug-likeness (QED) is 0.351. The summed E-state index contributed by atoms with van der Waals surface area (Å²) in [4.78, 5) is 29.1. The van der Waals surface area contributed by atoms with Gasteiger partial charge in [-0.1, -0.05) is 13.0 Å². The van der Waals surface area contributed by atoms with Gasteiger partial charge in [0.2, 0.25) is 11.8 Å². The third-order valence-electron chi connectivity index (χ3n) is 8.85. The molecule has 11 heteroatoms. The molecule has 2 fully saturated rings. The van der Waals surface area contributed by atoms with Gasteiger partial charge in [-0.2, -0.15) is 13.2 Å². The lowest BCUT2D eigenvalue weighted by molar-refractivity contribution is -0.138. The molecule has 2 aromatic carbocycles. The zero-order valence-electron chi connectivity index (χ0n) is 24.5. The maximum Gasteiger partial charge on any atom is 0.416 e. The second kappa shape index (κ2) is 12.1. The predicted molar refractivity (Wildman–Crippen MR) is 158 cm³/mol. The van der Waals surface area contributed by atoms with Crippen molar-refractivity contribution in [2.75, 3.05) is 25.0 Å². The number of alkyl halides is 3. The van der Waals surface area contributed by atoms with Gasteiger partial charge in [-0.05, 0) is 99.6 Å². The van der Waals surface area contributed by atoms with E-state index in [1.807, 2.05) is 18.2 Å². The molecule has 4 heterocycles. The van der Waals surface area contributed by atoms with E-state index >= 15 is 0 Å². The first kappa shape index (κ1) is 29.9. The number of anilines is 1. The zero-order chi connectivity index (χ0) is 31.0. The van der Waals surface area contributed by atoms with Crippen molar-refractivity contribution in [2.24, 2.45) is 11.7 Å². The third kappa shape index (κ3) is 6.52. The van der Waals surface area contributed by atoms with Gasteiger partial charge in [0.25, 0.3) is 0 Å². The Bertz CT molecular complexity index is 1570. The van der Waals surface area contributed by atoms with Crippen LogP contribution in [-0.4, -0.2) is 47.4 Å². The molecule has 0 bridgehead atoms. The van der Waals surface area contributed by atoms with Gasteiger partial charge in [0.1, 0.15) is 29.2 Å². The molecule has 1 aliphatic carbocycles. The fourth-order valence-electron chi connectivity index (χ4n) is 6.25. The van der Waals surface area contributed by atoms with Gasteiger partial charge in [-0.25, -0.2) is 4.98 Å². The normalized spacial score (nSPS) is 20.7. The molecule has 0 spiro atoms. The minimum atomic E-state index is -4.47. The van der Waals surface area contributed by atoms with Crippen molar-refractivity contribution in [3.8, 4) is 17.2 Å². The Labute approximate surface area is 253 Å². The minimum absolute atomic E-state index is 0.00612. The summed E-state index contributed by atoms with van der Waals surface area (Å²) in [6, 6.07) is 11.5. The van der Waals surface area contributed by atoms with Crippen LogP contribution in [0.4, 0.5) is 19.0 Å². The number of nitrogens with two attached hydrogens (primary N) is 1. The van der Waals surface area contributed by atoms with E-state index < -0.39 is 17.6 Å². The van der Waals surface area contributed by atoms with Crippen LogP contribution in [-0.2, 0) is 23.8 Å². The number of carbonyl (C=O) groups excluding carboxylic acids is 2. The van der Waals surface area contributed by atoms with Crippen molar-refractivity contribution >= 4 is 17.6 Å². The molecule has 2 atom stereocenters. The summed E-state index contributed by atoms with van der Waals surface area (Å²) in [5, 5.41) is 2.79. The van der Waals surface area contributed by atoms with Crippen molar-refractivity contribution in [1.82, 2.24) is 9.88 Å². The zero-order valence-corrected chi connectivity index (χ0v) is 24.5. The Kier molecular flexibility index (Phi) is 8.24. The Morgan fingerprint density at radius 3 is 2.66 bits per heavy atom. The average Bonchev–Trinajstić information content (AvgIpc) is 3.68. The van der Waals surface area contributed by atoms with Gasteiger partial charge in [0.05, 0.1) is 5.56 Å². The second-order valence-corrected chi connectivity index (χ2v) is 11.8. The van der Waals surface area contributed by atoms with Crippen molar-refractivity contribution < 1.29 is 32.2 Å². The maximum absolute atomic E-state index is 13.2. The highest BCUT2D eigenvalue weighted by molar-refractivity contribution is 5.93. The van der Waals surface area contributed by atoms with Crippen LogP contribution in [0.5, 0.6) is 17.2 Å². The summed E-state index contributed by atoms with van der Waals surface area (Å²) in [5.41, 5.74) is 6.71. The van der Waals surface area contributed by atoms with E-state index in [1.165, 1.54) is 17.7 Å². The fraction of sp³-hybridized carbons (Fsp3) is 0.424. The number of piperidine rings is 1. The second-order valence-electron chi connectivity index (χ2n) is 11.8. The van der Waals surface area contributed by atoms with Crippen LogP contribution in [0.3, 0.4) is 0 Å². The number of hydrogen-bond donors (Lipinski definition) is 2. The van der Waals surface area contributed by atoms with E-state index in [0.29, 0.717) is 37.1 Å². The summed E-state index contributed by atoms with van der Waals surface area (Å²) in [5.74, 6) is 3.13. The number of primary amides is 1. The summed E-state index contributed by atoms with van der Waals surface area (Å²) in [6.45, 7) is 4.93. The summed E-state index contributed by atoms with van der Waals surface area (Å²) in [7, 11) is 0. The topological polar surface area (TPSA) is 107 Å². The largest absolute Gasteiger partial charge is 0.489 e. The Morgan fingerprint density at radius 1 is 1.14 bits per heavy atom. The molecular formula is C33H35F3N4O4. The molecule has 232 valence electrons. The molecule has 3 N–H and O–H groups in total. The number of carbonyl (C=O) groups is 2. The molecule has 1 aromatic heterocycles. The highest BCUT2D eigenvalue weighted by atomic mass is 19.4. The Hall–Kier alpha value is -4.12. The molecule has 2 amide bonds. The average molecular weight is 609 g/mol. The van der Waals surface area contributed by atoms with E-state index in [2.05, 4.69) is 28.2 Å². The smallest absolute Gasteiger partial charge is 0.416 e. The van der Waals surface area contributed by atoms with Crippen molar-refractivity contribution in [1.29, 1.82) is 0 Å². The SMILES string of the molecule is CCN1CCC(Cc2ccc(C(N)=O)cc2C(F)(F)F)CC1.O=C1CCc2c(Oc3ccc4c(c3)C3CC3O4)ccnc2N1. The van der Waals surface area contributed by atoms with E-state index in [9.17, 15) is 22.8 Å². The molecule has 7 rings (SSSR count). The van der Waals surface area contributed by atoms with Gasteiger partial charge in [-0.3, -0.25) is 9.59 Å². The van der Waals surface area contributed by atoms with E-state index in [0.717, 1.165) is 67.8 Å². The number of benzene rings is 2. The molecular weight excluding hydrogens is 573 g/mol. The van der Waals surface area contributed by atoms with Crippen LogP contribution in [0, 0.1) is 5.92 Å². The lowest BCUT2D eigenvalue weighted by atomic mass is 9.87. The van der Waals surface area contributed by atoms with E-state index in [4.69, 9.17) is 15.2 Å². The first-order valence-corrected chi connectivity index (χ1v) is 15.1. The van der Waals surface area contributed by atoms with Gasteiger partial charge in [0, 0.05) is 35.2 Å². The van der Waals surface area contributed by atoms with Gasteiger partial charge >= 0.3 is 6.18 Å². The molecule has 2 unspecified atom stereocenters. The van der Waals surface area contributed by atoms with Gasteiger partial charge in [-0.15, -0.1) is 0 Å². The number of amides is 2. The first-order valence-electron chi connectivity index (χ1n) is 15.1. The molecule has 1 saturated heterocycles. The number of nitrogens with zero attached hydrogens (tertiary/aromatic N) is 2. The number of nitrogens with one attached hydrogen (secondary N) is 1. The fourth-order valence-corrected chi connectivity index (χ4v) is 6.25. The summed E-state index contributed by atoms with van der Waals surface area (Å²) in [6.07, 6.45) is 2.02. The van der Waals surface area contributed by atoms with E-state index in [1.54, 1.807) is 6.20 Å². The number of rotatable bonds is 6. The van der Waals surface area contributed by atoms with Crippen LogP contribution in [0.15, 0.2) is 48.7 Å². The van der Waals surface area contributed by atoms with Crippen LogP contribution < -0.4 is 20.5 Å². The van der Waals surface area contributed by atoms with Crippen molar-refractivity contribution in [3.63, 3.8) is 0 Å². The molecule has 8 nitrogen and oxygen atoms in total. The summed E-state index contributed by atoms with van der Waals surface area (Å²) < 4.78 is 51.4. The number of aromatic nitrogens is 1. The molecule has 0 radical (unpaired) electrons. The first-order chi connectivity index (χ1) is 21.1. The van der Waals surface area contributed by atoms with E-state index in [-0.39, 0.29) is 23.0 Å². The van der Waals surface area contributed by atoms with Gasteiger partial charge < -0.3 is 25.4 Å². The number of halogens is 3. The van der Waals surface area contributed by atoms with Crippen LogP contribution in [0.2, 0.25) is 0 Å². The Balaban J connectivity index is 0.000000156. The van der Waals surface area contributed by atoms with Gasteiger partial charge in [0.15, 0.2) is 0 Å². The van der Waals surface area contributed by atoms with Crippen molar-refractivity contribution in [2.45, 2.75) is 63.6 Å². The maximum atomic E-state index is 13.2. The van der Waals surface area contributed by atoms with Crippen LogP contribution >= 0.6 is 0 Å². The number of ether oxygens (including phenoxy) is 2. The van der Waals surface area contributed by atoms with Crippen LogP contribution in [0.25, 0.3) is 0 Å². The lowest BCUT2D eigenvalue weighted by Crippen LogP contribution is -2.34. The monoisotopic (exact) mass is 608 g/mol. The molecule has 44 heavy (non-hydrogen) atoms. The number of likely N-dealkylation sites (tertiary alicyclic amines) is 1. The van der Waals surface area contributed by atoms with Crippen LogP contribution in [0.1, 0.15) is 71.1 Å². The highest BCUT2D eigenvalue weighted by Crippen LogP contribution is 2.54. The number of fused-ring (bicyclic) bond motifs is 4. The predicted octanol–water partition coefficient (Wildman–Crippen LogP) is 6.09. The van der Waals surface area contributed by atoms with Crippen molar-refractivity contribution in [3.05, 3.63) is 76.5 Å². The molecule has 1 saturated carbocycles.